The lowest BCUT2D eigenvalue weighted by Gasteiger charge is -2.46. The number of anilines is 1. The van der Waals surface area contributed by atoms with Gasteiger partial charge in [-0.05, 0) is 80.0 Å². The number of carbonyl (C=O) groups is 1. The topological polar surface area (TPSA) is 72.3 Å². The molecule has 6 rings (SSSR count). The first-order chi connectivity index (χ1) is 18.2. The SMILES string of the molecule is CO[C@H]1C[C@](c2cccc(N3Cc4c(cc(CNC5(C)CCC5)cc4C(F)F)C3=O)c2)(c2nncn2C)C1. The number of benzene rings is 2. The summed E-state index contributed by atoms with van der Waals surface area (Å²) in [5.74, 6) is 0.600. The van der Waals surface area contributed by atoms with Gasteiger partial charge in [-0.1, -0.05) is 12.1 Å². The average Bonchev–Trinajstić information content (AvgIpc) is 3.44. The molecule has 0 bridgehead atoms. The van der Waals surface area contributed by atoms with Crippen molar-refractivity contribution in [3.05, 3.63) is 76.4 Å². The van der Waals surface area contributed by atoms with E-state index >= 15 is 0 Å². The Bertz CT molecular complexity index is 1380. The zero-order valence-electron chi connectivity index (χ0n) is 22.0. The minimum absolute atomic E-state index is 0.0442. The summed E-state index contributed by atoms with van der Waals surface area (Å²) in [7, 11) is 3.63. The number of amides is 1. The number of alkyl halides is 2. The van der Waals surface area contributed by atoms with Crippen LogP contribution in [0.15, 0.2) is 42.7 Å². The van der Waals surface area contributed by atoms with Crippen molar-refractivity contribution in [2.75, 3.05) is 12.0 Å². The number of hydrogen-bond acceptors (Lipinski definition) is 5. The molecule has 0 spiro atoms. The smallest absolute Gasteiger partial charge is 0.264 e. The number of aryl methyl sites for hydroxylation is 1. The second-order valence-corrected chi connectivity index (χ2v) is 11.3. The quantitative estimate of drug-likeness (QED) is 0.450. The summed E-state index contributed by atoms with van der Waals surface area (Å²) in [4.78, 5) is 15.2. The number of hydrogen-bond donors (Lipinski definition) is 1. The number of carbonyl (C=O) groups excluding carboxylic acids is 1. The summed E-state index contributed by atoms with van der Waals surface area (Å²) in [5, 5.41) is 12.0. The van der Waals surface area contributed by atoms with Crippen molar-refractivity contribution in [2.24, 2.45) is 7.05 Å². The Morgan fingerprint density at radius 2 is 2.00 bits per heavy atom. The molecule has 200 valence electrons. The van der Waals surface area contributed by atoms with Gasteiger partial charge in [-0.15, -0.1) is 10.2 Å². The van der Waals surface area contributed by atoms with Crippen molar-refractivity contribution >= 4 is 11.6 Å². The van der Waals surface area contributed by atoms with Crippen LogP contribution in [-0.2, 0) is 30.3 Å². The molecule has 7 nitrogen and oxygen atoms in total. The molecular weight excluding hydrogens is 488 g/mol. The van der Waals surface area contributed by atoms with Gasteiger partial charge >= 0.3 is 0 Å². The number of aromatic nitrogens is 3. The summed E-state index contributed by atoms with van der Waals surface area (Å²) in [5.41, 5.74) is 2.81. The van der Waals surface area contributed by atoms with Crippen LogP contribution in [-0.4, -0.2) is 39.4 Å². The monoisotopic (exact) mass is 521 g/mol. The number of ether oxygens (including phenoxy) is 1. The maximum absolute atomic E-state index is 14.2. The molecule has 1 aromatic heterocycles. The van der Waals surface area contributed by atoms with Crippen LogP contribution in [0.5, 0.6) is 0 Å². The molecule has 3 aliphatic rings. The molecule has 0 radical (unpaired) electrons. The Morgan fingerprint density at radius 1 is 1.21 bits per heavy atom. The first-order valence-corrected chi connectivity index (χ1v) is 13.2. The van der Waals surface area contributed by atoms with Gasteiger partial charge in [0, 0.05) is 43.1 Å². The predicted molar refractivity (Wildman–Crippen MR) is 139 cm³/mol. The van der Waals surface area contributed by atoms with E-state index in [1.165, 1.54) is 6.42 Å². The van der Waals surface area contributed by atoms with E-state index in [1.54, 1.807) is 30.5 Å². The Balaban J connectivity index is 1.32. The average molecular weight is 522 g/mol. The maximum atomic E-state index is 14.2. The third kappa shape index (κ3) is 4.03. The van der Waals surface area contributed by atoms with Crippen LogP contribution in [0.1, 0.15) is 83.9 Å². The molecule has 1 amide bonds. The van der Waals surface area contributed by atoms with Crippen LogP contribution >= 0.6 is 0 Å². The lowest BCUT2D eigenvalue weighted by molar-refractivity contribution is -0.00696. The third-order valence-corrected chi connectivity index (χ3v) is 8.88. The highest BCUT2D eigenvalue weighted by molar-refractivity contribution is 6.10. The number of nitrogens with zero attached hydrogens (tertiary/aromatic N) is 4. The van der Waals surface area contributed by atoms with Gasteiger partial charge in [0.2, 0.25) is 0 Å². The van der Waals surface area contributed by atoms with Crippen LogP contribution in [0.25, 0.3) is 0 Å². The molecule has 3 aromatic rings. The first kappa shape index (κ1) is 25.1. The summed E-state index contributed by atoms with van der Waals surface area (Å²) in [6.07, 6.45) is 3.96. The molecular formula is C29H33F2N5O2. The predicted octanol–water partition coefficient (Wildman–Crippen LogP) is 5.04. The van der Waals surface area contributed by atoms with Crippen LogP contribution in [0.2, 0.25) is 0 Å². The number of methoxy groups -OCH3 is 1. The van der Waals surface area contributed by atoms with Crippen LogP contribution in [0, 0.1) is 0 Å². The summed E-state index contributed by atoms with van der Waals surface area (Å²) < 4.78 is 35.9. The van der Waals surface area contributed by atoms with E-state index in [0.29, 0.717) is 23.4 Å². The minimum Gasteiger partial charge on any atom is -0.381 e. The van der Waals surface area contributed by atoms with E-state index in [9.17, 15) is 13.6 Å². The van der Waals surface area contributed by atoms with Gasteiger partial charge in [0.25, 0.3) is 12.3 Å². The van der Waals surface area contributed by atoms with Crippen molar-refractivity contribution in [3.8, 4) is 0 Å². The highest BCUT2D eigenvalue weighted by atomic mass is 19.3. The minimum atomic E-state index is -2.65. The standard InChI is InChI=1S/C29H33F2N5O2/c1-28(8-5-9-28)32-15-18-10-22(25(30)31)24-16-36(26(37)23(24)11-18)20-7-4-6-19(12-20)29(13-21(14-29)38-3)27-34-33-17-35(27)2/h4,6-7,10-12,17,21,25,32H,5,8-9,13-16H2,1-3H3/t21-,29-. The molecule has 0 atom stereocenters. The van der Waals surface area contributed by atoms with Gasteiger partial charge in [-0.2, -0.15) is 0 Å². The fourth-order valence-electron chi connectivity index (χ4n) is 6.32. The van der Waals surface area contributed by atoms with Crippen LogP contribution < -0.4 is 10.2 Å². The number of rotatable bonds is 8. The molecule has 2 saturated carbocycles. The fourth-order valence-corrected chi connectivity index (χ4v) is 6.32. The third-order valence-electron chi connectivity index (χ3n) is 8.88. The van der Waals surface area contributed by atoms with Crippen molar-refractivity contribution in [1.82, 2.24) is 20.1 Å². The Labute approximate surface area is 221 Å². The van der Waals surface area contributed by atoms with Gasteiger partial charge in [0.15, 0.2) is 0 Å². The van der Waals surface area contributed by atoms with E-state index in [2.05, 4.69) is 22.4 Å². The molecule has 0 unspecified atom stereocenters. The van der Waals surface area contributed by atoms with Crippen molar-refractivity contribution in [3.63, 3.8) is 0 Å². The van der Waals surface area contributed by atoms with Gasteiger partial charge in [0.05, 0.1) is 18.1 Å². The van der Waals surface area contributed by atoms with E-state index in [-0.39, 0.29) is 35.1 Å². The summed E-state index contributed by atoms with van der Waals surface area (Å²) in [6.45, 7) is 2.75. The van der Waals surface area contributed by atoms with Crippen molar-refractivity contribution < 1.29 is 18.3 Å². The van der Waals surface area contributed by atoms with Crippen molar-refractivity contribution in [1.29, 1.82) is 0 Å². The van der Waals surface area contributed by atoms with E-state index in [0.717, 1.165) is 42.6 Å². The Kier molecular flexibility index (Phi) is 6.11. The summed E-state index contributed by atoms with van der Waals surface area (Å²) in [6, 6.07) is 11.2. The van der Waals surface area contributed by atoms with Gasteiger partial charge < -0.3 is 19.5 Å². The largest absolute Gasteiger partial charge is 0.381 e. The maximum Gasteiger partial charge on any atom is 0.264 e. The second-order valence-electron chi connectivity index (χ2n) is 11.3. The fraction of sp³-hybridized carbons (Fsp3) is 0.483. The lowest BCUT2D eigenvalue weighted by atomic mass is 9.62. The van der Waals surface area contributed by atoms with Crippen LogP contribution in [0.4, 0.5) is 14.5 Å². The zero-order chi connectivity index (χ0) is 26.7. The molecule has 1 N–H and O–H groups in total. The summed E-state index contributed by atoms with van der Waals surface area (Å²) >= 11 is 0. The number of halogens is 2. The molecule has 2 fully saturated rings. The molecule has 1 aliphatic heterocycles. The Hall–Kier alpha value is -3.17. The number of fused-ring (bicyclic) bond motifs is 1. The molecule has 2 aliphatic carbocycles. The molecule has 38 heavy (non-hydrogen) atoms. The van der Waals surface area contributed by atoms with E-state index in [4.69, 9.17) is 4.74 Å². The Morgan fingerprint density at radius 3 is 2.63 bits per heavy atom. The highest BCUT2D eigenvalue weighted by Gasteiger charge is 2.50. The second kappa shape index (κ2) is 9.24. The van der Waals surface area contributed by atoms with Crippen LogP contribution in [0.3, 0.4) is 0 Å². The molecule has 2 heterocycles. The normalized spacial score (nSPS) is 23.9. The lowest BCUT2D eigenvalue weighted by Crippen LogP contribution is -2.48. The van der Waals surface area contributed by atoms with Gasteiger partial charge in [-0.25, -0.2) is 8.78 Å². The highest BCUT2D eigenvalue weighted by Crippen LogP contribution is 2.50. The van der Waals surface area contributed by atoms with E-state index in [1.807, 2.05) is 35.9 Å². The van der Waals surface area contributed by atoms with Crippen molar-refractivity contribution in [2.45, 2.75) is 75.6 Å². The number of nitrogens with one attached hydrogen (secondary N) is 1. The molecule has 9 heteroatoms. The first-order valence-electron chi connectivity index (χ1n) is 13.2. The van der Waals surface area contributed by atoms with E-state index < -0.39 is 6.43 Å². The molecule has 0 saturated heterocycles. The van der Waals surface area contributed by atoms with Gasteiger partial charge in [0.1, 0.15) is 12.2 Å². The zero-order valence-corrected chi connectivity index (χ0v) is 22.0. The molecule has 2 aromatic carbocycles. The van der Waals surface area contributed by atoms with Gasteiger partial charge in [-0.3, -0.25) is 4.79 Å².